The first-order chi connectivity index (χ1) is 6.79. The zero-order valence-electron chi connectivity index (χ0n) is 8.74. The van der Waals surface area contributed by atoms with Crippen LogP contribution in [0.5, 0.6) is 0 Å². The molecule has 1 radical (unpaired) electrons. The number of pyridine rings is 1. The van der Waals surface area contributed by atoms with Gasteiger partial charge in [-0.25, -0.2) is 0 Å². The number of aryl methyl sites for hydroxylation is 2. The van der Waals surface area contributed by atoms with Crippen molar-refractivity contribution in [1.82, 2.24) is 4.98 Å². The van der Waals surface area contributed by atoms with E-state index >= 15 is 0 Å². The molecule has 0 saturated heterocycles. The van der Waals surface area contributed by atoms with Gasteiger partial charge in [0.15, 0.2) is 0 Å². The van der Waals surface area contributed by atoms with Gasteiger partial charge in [-0.05, 0) is 18.7 Å². The van der Waals surface area contributed by atoms with Gasteiger partial charge >= 0.3 is 0 Å². The van der Waals surface area contributed by atoms with E-state index in [4.69, 9.17) is 0 Å². The summed E-state index contributed by atoms with van der Waals surface area (Å²) in [6.07, 6.45) is 1.82. The molecule has 15 heavy (non-hydrogen) atoms. The van der Waals surface area contributed by atoms with E-state index in [2.05, 4.69) is 37.0 Å². The van der Waals surface area contributed by atoms with E-state index < -0.39 is 0 Å². The molecule has 1 heterocycles. The van der Waals surface area contributed by atoms with Crippen molar-refractivity contribution in [3.8, 4) is 11.3 Å². The van der Waals surface area contributed by atoms with E-state index in [1.807, 2.05) is 24.4 Å². The van der Waals surface area contributed by atoms with E-state index in [0.717, 1.165) is 11.3 Å². The van der Waals surface area contributed by atoms with Gasteiger partial charge in [0.05, 0.1) is 0 Å². The van der Waals surface area contributed by atoms with Gasteiger partial charge in [-0.15, -0.1) is 35.4 Å². The molecule has 1 nitrogen and oxygen atoms in total. The molecule has 0 amide bonds. The van der Waals surface area contributed by atoms with Crippen LogP contribution in [0.4, 0.5) is 0 Å². The van der Waals surface area contributed by atoms with Crippen molar-refractivity contribution in [2.75, 3.05) is 0 Å². The number of nitrogens with zero attached hydrogens (tertiary/aromatic N) is 1. The predicted octanol–water partition coefficient (Wildman–Crippen LogP) is 3.16. The predicted molar refractivity (Wildman–Crippen MR) is 58.0 cm³/mol. The van der Waals surface area contributed by atoms with Crippen molar-refractivity contribution in [2.45, 2.75) is 13.8 Å². The van der Waals surface area contributed by atoms with Gasteiger partial charge in [-0.2, -0.15) is 0 Å². The topological polar surface area (TPSA) is 12.9 Å². The fraction of sp³-hybridized carbons (Fsp3) is 0.154. The molecular weight excluding hydrogens is 362 g/mol. The van der Waals surface area contributed by atoms with Gasteiger partial charge < -0.3 is 4.98 Å². The van der Waals surface area contributed by atoms with Gasteiger partial charge in [0.1, 0.15) is 0 Å². The first kappa shape index (κ1) is 12.1. The quantitative estimate of drug-likeness (QED) is 0.699. The summed E-state index contributed by atoms with van der Waals surface area (Å²) in [4.78, 5) is 4.38. The third kappa shape index (κ3) is 2.53. The average molecular weight is 374 g/mol. The number of hydrogen-bond donors (Lipinski definition) is 0. The molecule has 0 saturated carbocycles. The van der Waals surface area contributed by atoms with Crippen LogP contribution in [-0.4, -0.2) is 4.98 Å². The minimum Gasteiger partial charge on any atom is -0.304 e. The Balaban J connectivity index is 0.00000112. The number of rotatable bonds is 1. The molecule has 0 aliphatic carbocycles. The summed E-state index contributed by atoms with van der Waals surface area (Å²) in [7, 11) is 0. The monoisotopic (exact) mass is 375 g/mol. The average Bonchev–Trinajstić information content (AvgIpc) is 2.20. The van der Waals surface area contributed by atoms with E-state index in [9.17, 15) is 0 Å². The molecule has 2 aromatic rings. The molecule has 0 unspecified atom stereocenters. The maximum atomic E-state index is 4.38. The SMILES string of the molecule is Cc1ccc[c-]c1-c1ncccc1C.[Ir]. The normalized spacial score (nSPS) is 9.47. The summed E-state index contributed by atoms with van der Waals surface area (Å²) in [5, 5.41) is 0. The molecule has 0 aliphatic rings. The third-order valence-electron chi connectivity index (χ3n) is 2.31. The first-order valence-electron chi connectivity index (χ1n) is 4.68. The molecule has 0 atom stereocenters. The molecule has 0 N–H and O–H groups in total. The molecule has 0 spiro atoms. The molecule has 0 bridgehead atoms. The van der Waals surface area contributed by atoms with Crippen LogP contribution in [0.15, 0.2) is 36.5 Å². The zero-order valence-corrected chi connectivity index (χ0v) is 11.1. The van der Waals surface area contributed by atoms with E-state index in [1.165, 1.54) is 11.1 Å². The van der Waals surface area contributed by atoms with Crippen molar-refractivity contribution in [2.24, 2.45) is 0 Å². The van der Waals surface area contributed by atoms with Crippen molar-refractivity contribution < 1.29 is 20.1 Å². The number of hydrogen-bond acceptors (Lipinski definition) is 1. The van der Waals surface area contributed by atoms with Crippen LogP contribution < -0.4 is 0 Å². The fourth-order valence-electron chi connectivity index (χ4n) is 1.52. The van der Waals surface area contributed by atoms with Crippen molar-refractivity contribution in [1.29, 1.82) is 0 Å². The Morgan fingerprint density at radius 2 is 1.80 bits per heavy atom. The Hall–Kier alpha value is -0.981. The molecule has 1 aromatic heterocycles. The van der Waals surface area contributed by atoms with Gasteiger partial charge in [-0.3, -0.25) is 0 Å². The standard InChI is InChI=1S/C13H12N.Ir/c1-10-6-3-4-8-12(10)13-11(2)7-5-9-14-13;/h3-7,9H,1-2H3;/q-1;. The maximum absolute atomic E-state index is 4.38. The van der Waals surface area contributed by atoms with Gasteiger partial charge in [0.2, 0.25) is 0 Å². The fourth-order valence-corrected chi connectivity index (χ4v) is 1.52. The second kappa shape index (κ2) is 5.20. The van der Waals surface area contributed by atoms with E-state index in [0.29, 0.717) is 0 Å². The number of aromatic nitrogens is 1. The van der Waals surface area contributed by atoms with Crippen molar-refractivity contribution in [3.63, 3.8) is 0 Å². The Kier molecular flexibility index (Phi) is 4.19. The van der Waals surface area contributed by atoms with Crippen LogP contribution in [-0.2, 0) is 20.1 Å². The Bertz CT molecular complexity index is 408. The molecule has 79 valence electrons. The van der Waals surface area contributed by atoms with E-state index in [-0.39, 0.29) is 20.1 Å². The van der Waals surface area contributed by atoms with Crippen LogP contribution in [0.2, 0.25) is 0 Å². The summed E-state index contributed by atoms with van der Waals surface area (Å²) in [6.45, 7) is 4.16. The third-order valence-corrected chi connectivity index (χ3v) is 2.31. The summed E-state index contributed by atoms with van der Waals surface area (Å²) in [5.41, 5.74) is 4.54. The van der Waals surface area contributed by atoms with Gasteiger partial charge in [0, 0.05) is 26.3 Å². The Morgan fingerprint density at radius 3 is 2.47 bits per heavy atom. The van der Waals surface area contributed by atoms with Crippen LogP contribution >= 0.6 is 0 Å². The minimum atomic E-state index is 0. The smallest absolute Gasteiger partial charge is 0.0160 e. The zero-order chi connectivity index (χ0) is 9.97. The summed E-state index contributed by atoms with van der Waals surface area (Å²) < 4.78 is 0. The Labute approximate surface area is 104 Å². The molecule has 0 fully saturated rings. The van der Waals surface area contributed by atoms with Gasteiger partial charge in [0.25, 0.3) is 0 Å². The summed E-state index contributed by atoms with van der Waals surface area (Å²) in [5.74, 6) is 0. The molecule has 1 aromatic carbocycles. The number of benzene rings is 1. The minimum absolute atomic E-state index is 0. The summed E-state index contributed by atoms with van der Waals surface area (Å²) >= 11 is 0. The Morgan fingerprint density at radius 1 is 1.07 bits per heavy atom. The van der Waals surface area contributed by atoms with Crippen LogP contribution in [0.3, 0.4) is 0 Å². The largest absolute Gasteiger partial charge is 0.304 e. The van der Waals surface area contributed by atoms with Crippen molar-refractivity contribution >= 4 is 0 Å². The molecular formula is C13H12IrN-. The van der Waals surface area contributed by atoms with Crippen LogP contribution in [0, 0.1) is 19.9 Å². The molecule has 0 aliphatic heterocycles. The second-order valence-corrected chi connectivity index (χ2v) is 3.40. The summed E-state index contributed by atoms with van der Waals surface area (Å²) in [6, 6.07) is 13.3. The first-order valence-corrected chi connectivity index (χ1v) is 4.68. The van der Waals surface area contributed by atoms with E-state index in [1.54, 1.807) is 0 Å². The maximum Gasteiger partial charge on any atom is 0.0160 e. The molecule has 2 heteroatoms. The van der Waals surface area contributed by atoms with Crippen LogP contribution in [0.25, 0.3) is 11.3 Å². The van der Waals surface area contributed by atoms with Crippen molar-refractivity contribution in [3.05, 3.63) is 53.7 Å². The molecule has 2 rings (SSSR count). The van der Waals surface area contributed by atoms with Crippen LogP contribution in [0.1, 0.15) is 11.1 Å². The van der Waals surface area contributed by atoms with Gasteiger partial charge in [-0.1, -0.05) is 18.6 Å². The second-order valence-electron chi connectivity index (χ2n) is 3.40.